The molecule has 16 heavy (non-hydrogen) atoms. The third-order valence-corrected chi connectivity index (χ3v) is 2.06. The number of rotatable bonds is 2. The van der Waals surface area contributed by atoms with E-state index in [9.17, 15) is 4.39 Å². The number of nitrogens with zero attached hydrogens (tertiary/aromatic N) is 2. The second kappa shape index (κ2) is 4.32. The Bertz CT molecular complexity index is 504. The van der Waals surface area contributed by atoms with E-state index in [1.807, 2.05) is 0 Å². The molecule has 6 heteroatoms. The van der Waals surface area contributed by atoms with Gasteiger partial charge in [0.2, 0.25) is 5.88 Å². The molecule has 0 aliphatic heterocycles. The molecule has 82 valence electrons. The topological polar surface area (TPSA) is 61.0 Å². The maximum atomic E-state index is 12.9. The predicted octanol–water partition coefficient (Wildman–Crippen LogP) is 2.64. The van der Waals surface area contributed by atoms with Crippen LogP contribution in [0.1, 0.15) is 0 Å². The van der Waals surface area contributed by atoms with Crippen LogP contribution in [0.4, 0.5) is 10.2 Å². The predicted molar refractivity (Wildman–Crippen MR) is 57.9 cm³/mol. The van der Waals surface area contributed by atoms with Crippen molar-refractivity contribution < 1.29 is 9.13 Å². The van der Waals surface area contributed by atoms with Gasteiger partial charge in [-0.05, 0) is 18.2 Å². The first-order chi connectivity index (χ1) is 7.65. The van der Waals surface area contributed by atoms with Crippen molar-refractivity contribution in [3.63, 3.8) is 0 Å². The molecule has 1 aromatic carbocycles. The van der Waals surface area contributed by atoms with Crippen molar-refractivity contribution in [2.24, 2.45) is 0 Å². The average Bonchev–Trinajstić information content (AvgIpc) is 2.27. The number of nitrogens with two attached hydrogens (primary N) is 1. The molecule has 0 unspecified atom stereocenters. The zero-order valence-corrected chi connectivity index (χ0v) is 8.78. The number of benzene rings is 1. The fourth-order valence-electron chi connectivity index (χ4n) is 1.05. The standard InChI is InChI=1S/C10H7ClFN3O/c11-7-5-6(1-2-8(7)12)16-10-4-3-9(13)14-15-10/h1-5H,(H2,13,14). The molecular formula is C10H7ClFN3O. The van der Waals surface area contributed by atoms with Crippen molar-refractivity contribution in [1.29, 1.82) is 0 Å². The lowest BCUT2D eigenvalue weighted by atomic mass is 10.3. The molecule has 2 N–H and O–H groups in total. The zero-order valence-electron chi connectivity index (χ0n) is 8.02. The summed E-state index contributed by atoms with van der Waals surface area (Å²) in [7, 11) is 0. The molecule has 0 bridgehead atoms. The van der Waals surface area contributed by atoms with Gasteiger partial charge in [0.05, 0.1) is 5.02 Å². The Hall–Kier alpha value is -1.88. The second-order valence-corrected chi connectivity index (χ2v) is 3.38. The van der Waals surface area contributed by atoms with Crippen LogP contribution >= 0.6 is 11.6 Å². The first kappa shape index (κ1) is 10.6. The molecule has 1 heterocycles. The van der Waals surface area contributed by atoms with Gasteiger partial charge in [0.25, 0.3) is 0 Å². The van der Waals surface area contributed by atoms with Crippen molar-refractivity contribution >= 4 is 17.4 Å². The smallest absolute Gasteiger partial charge is 0.238 e. The highest BCUT2D eigenvalue weighted by atomic mass is 35.5. The third kappa shape index (κ3) is 2.38. The number of ether oxygens (including phenoxy) is 1. The summed E-state index contributed by atoms with van der Waals surface area (Å²) in [5, 5.41) is 7.29. The number of anilines is 1. The van der Waals surface area contributed by atoms with Gasteiger partial charge in [-0.15, -0.1) is 10.2 Å². The normalized spacial score (nSPS) is 10.1. The SMILES string of the molecule is Nc1ccc(Oc2ccc(F)c(Cl)c2)nn1. The van der Waals surface area contributed by atoms with Crippen LogP contribution in [-0.4, -0.2) is 10.2 Å². The molecule has 0 saturated carbocycles. The maximum Gasteiger partial charge on any atom is 0.238 e. The van der Waals surface area contributed by atoms with E-state index in [2.05, 4.69) is 10.2 Å². The lowest BCUT2D eigenvalue weighted by molar-refractivity contribution is 0.454. The maximum absolute atomic E-state index is 12.9. The highest BCUT2D eigenvalue weighted by molar-refractivity contribution is 6.30. The van der Waals surface area contributed by atoms with E-state index in [0.717, 1.165) is 0 Å². The average molecular weight is 240 g/mol. The van der Waals surface area contributed by atoms with E-state index < -0.39 is 5.82 Å². The summed E-state index contributed by atoms with van der Waals surface area (Å²) in [5.41, 5.74) is 5.36. The van der Waals surface area contributed by atoms with Gasteiger partial charge in [0, 0.05) is 12.1 Å². The molecular weight excluding hydrogens is 233 g/mol. The Morgan fingerprint density at radius 1 is 1.19 bits per heavy atom. The summed E-state index contributed by atoms with van der Waals surface area (Å²) in [6, 6.07) is 7.11. The summed E-state index contributed by atoms with van der Waals surface area (Å²) in [5.74, 6) is 0.434. The van der Waals surface area contributed by atoms with E-state index >= 15 is 0 Å². The van der Waals surface area contributed by atoms with Crippen molar-refractivity contribution in [1.82, 2.24) is 10.2 Å². The van der Waals surface area contributed by atoms with Crippen LogP contribution in [-0.2, 0) is 0 Å². The van der Waals surface area contributed by atoms with Crippen molar-refractivity contribution in [2.45, 2.75) is 0 Å². The number of hydrogen-bond acceptors (Lipinski definition) is 4. The number of halogens is 2. The van der Waals surface area contributed by atoms with Crippen molar-refractivity contribution in [3.8, 4) is 11.6 Å². The van der Waals surface area contributed by atoms with Crippen molar-refractivity contribution in [3.05, 3.63) is 41.2 Å². The Morgan fingerprint density at radius 3 is 2.62 bits per heavy atom. The van der Waals surface area contributed by atoms with Crippen molar-refractivity contribution in [2.75, 3.05) is 5.73 Å². The third-order valence-electron chi connectivity index (χ3n) is 1.77. The molecule has 0 aliphatic rings. The van der Waals surface area contributed by atoms with Crippen LogP contribution < -0.4 is 10.5 Å². The van der Waals surface area contributed by atoms with E-state index in [4.69, 9.17) is 22.1 Å². The quantitative estimate of drug-likeness (QED) is 0.875. The first-order valence-electron chi connectivity index (χ1n) is 4.37. The molecule has 4 nitrogen and oxygen atoms in total. The van der Waals surface area contributed by atoms with Crippen LogP contribution in [0.15, 0.2) is 30.3 Å². The molecule has 0 aliphatic carbocycles. The highest BCUT2D eigenvalue weighted by Crippen LogP contribution is 2.24. The van der Waals surface area contributed by atoms with E-state index in [1.165, 1.54) is 18.2 Å². The summed E-state index contributed by atoms with van der Waals surface area (Å²) in [6.45, 7) is 0. The minimum atomic E-state index is -0.502. The van der Waals surface area contributed by atoms with Crippen LogP contribution in [0, 0.1) is 5.82 Å². The largest absolute Gasteiger partial charge is 0.437 e. The monoisotopic (exact) mass is 239 g/mol. The van der Waals surface area contributed by atoms with Gasteiger partial charge < -0.3 is 10.5 Å². The van der Waals surface area contributed by atoms with Crippen LogP contribution in [0.5, 0.6) is 11.6 Å². The van der Waals surface area contributed by atoms with Gasteiger partial charge in [-0.25, -0.2) is 4.39 Å². The molecule has 2 aromatic rings. The fourth-order valence-corrected chi connectivity index (χ4v) is 1.22. The van der Waals surface area contributed by atoms with E-state index in [0.29, 0.717) is 11.6 Å². The molecule has 2 rings (SSSR count). The van der Waals surface area contributed by atoms with E-state index in [-0.39, 0.29) is 10.9 Å². The van der Waals surface area contributed by atoms with Gasteiger partial charge in [0.1, 0.15) is 17.4 Å². The molecule has 0 spiro atoms. The number of nitrogen functional groups attached to an aromatic ring is 1. The minimum absolute atomic E-state index is 0.0131. The summed E-state index contributed by atoms with van der Waals surface area (Å²) in [4.78, 5) is 0. The number of hydrogen-bond donors (Lipinski definition) is 1. The Kier molecular flexibility index (Phi) is 2.87. The molecule has 0 fully saturated rings. The lowest BCUT2D eigenvalue weighted by Crippen LogP contribution is -1.94. The van der Waals surface area contributed by atoms with Crippen LogP contribution in [0.25, 0.3) is 0 Å². The molecule has 0 amide bonds. The fraction of sp³-hybridized carbons (Fsp3) is 0. The number of aromatic nitrogens is 2. The first-order valence-corrected chi connectivity index (χ1v) is 4.75. The Labute approximate surface area is 95.8 Å². The molecule has 0 radical (unpaired) electrons. The lowest BCUT2D eigenvalue weighted by Gasteiger charge is -2.04. The van der Waals surface area contributed by atoms with Gasteiger partial charge in [-0.3, -0.25) is 0 Å². The zero-order chi connectivity index (χ0) is 11.5. The van der Waals surface area contributed by atoms with Gasteiger partial charge in [0.15, 0.2) is 0 Å². The molecule has 1 aromatic heterocycles. The van der Waals surface area contributed by atoms with Crippen LogP contribution in [0.2, 0.25) is 5.02 Å². The Morgan fingerprint density at radius 2 is 2.00 bits per heavy atom. The summed E-state index contributed by atoms with van der Waals surface area (Å²) in [6.07, 6.45) is 0. The molecule has 0 atom stereocenters. The van der Waals surface area contributed by atoms with Gasteiger partial charge >= 0.3 is 0 Å². The molecule has 0 saturated heterocycles. The second-order valence-electron chi connectivity index (χ2n) is 2.97. The van der Waals surface area contributed by atoms with Gasteiger partial charge in [-0.2, -0.15) is 0 Å². The van der Waals surface area contributed by atoms with E-state index in [1.54, 1.807) is 12.1 Å². The summed E-state index contributed by atoms with van der Waals surface area (Å²) >= 11 is 5.59. The minimum Gasteiger partial charge on any atom is -0.437 e. The Balaban J connectivity index is 2.20. The van der Waals surface area contributed by atoms with Crippen LogP contribution in [0.3, 0.4) is 0 Å². The summed E-state index contributed by atoms with van der Waals surface area (Å²) < 4.78 is 18.1. The highest BCUT2D eigenvalue weighted by Gasteiger charge is 2.03. The van der Waals surface area contributed by atoms with Gasteiger partial charge in [-0.1, -0.05) is 11.6 Å².